The largest absolute Gasteiger partial charge is 0.459 e. The third kappa shape index (κ3) is 2.83. The lowest BCUT2D eigenvalue weighted by Gasteiger charge is -2.24. The molecule has 0 saturated carbocycles. The monoisotopic (exact) mass is 254 g/mol. The van der Waals surface area contributed by atoms with Gasteiger partial charge in [0.05, 0.1) is 0 Å². The molecule has 4 atom stereocenters. The first-order valence-electron chi connectivity index (χ1n) is 6.03. The van der Waals surface area contributed by atoms with Crippen LogP contribution in [0.15, 0.2) is 0 Å². The molecule has 2 aliphatic heterocycles. The first-order chi connectivity index (χ1) is 8.41. The Morgan fingerprint density at radius 3 is 2.83 bits per heavy atom. The Hall–Kier alpha value is -1.09. The zero-order valence-corrected chi connectivity index (χ0v) is 10.8. The number of rotatable bonds is 3. The van der Waals surface area contributed by atoms with Crippen LogP contribution in [0.5, 0.6) is 0 Å². The molecule has 5 heteroatoms. The summed E-state index contributed by atoms with van der Waals surface area (Å²) >= 11 is 0. The molecule has 0 radical (unpaired) electrons. The highest BCUT2D eigenvalue weighted by Crippen LogP contribution is 2.38. The van der Waals surface area contributed by atoms with Crippen LogP contribution in [-0.4, -0.2) is 36.4 Å². The van der Waals surface area contributed by atoms with Gasteiger partial charge < -0.3 is 18.9 Å². The molecule has 0 aromatic rings. The third-order valence-electron chi connectivity index (χ3n) is 2.96. The van der Waals surface area contributed by atoms with E-state index >= 15 is 0 Å². The molecule has 2 saturated heterocycles. The topological polar surface area (TPSA) is 54.0 Å². The lowest BCUT2D eigenvalue weighted by atomic mass is 10.1. The summed E-state index contributed by atoms with van der Waals surface area (Å²) in [6.45, 7) is 5.04. The average Bonchev–Trinajstić information content (AvgIpc) is 2.69. The van der Waals surface area contributed by atoms with Gasteiger partial charge >= 0.3 is 5.97 Å². The maximum absolute atomic E-state index is 11.0. The highest BCUT2D eigenvalue weighted by atomic mass is 16.8. The van der Waals surface area contributed by atoms with E-state index < -0.39 is 18.2 Å². The van der Waals surface area contributed by atoms with Crippen molar-refractivity contribution in [2.24, 2.45) is 0 Å². The van der Waals surface area contributed by atoms with Crippen molar-refractivity contribution in [1.82, 2.24) is 0 Å². The van der Waals surface area contributed by atoms with Crippen molar-refractivity contribution in [2.45, 2.75) is 64.0 Å². The maximum Gasteiger partial charge on any atom is 0.303 e. The minimum atomic E-state index is -0.622. The minimum absolute atomic E-state index is 0.124. The summed E-state index contributed by atoms with van der Waals surface area (Å²) in [5.41, 5.74) is 0. The summed E-state index contributed by atoms with van der Waals surface area (Å²) in [4.78, 5) is 11.0. The van der Waals surface area contributed by atoms with E-state index in [1.165, 1.54) is 6.92 Å². The second-order valence-electron chi connectivity index (χ2n) is 5.01. The molecule has 0 amide bonds. The van der Waals surface area contributed by atoms with Crippen molar-refractivity contribution in [3.05, 3.63) is 0 Å². The molecule has 100 valence electrons. The Kier molecular flexibility index (Phi) is 3.62. The van der Waals surface area contributed by atoms with Gasteiger partial charge in [0.1, 0.15) is 18.3 Å². The molecule has 2 fully saturated rings. The first kappa shape index (κ1) is 13.3. The molecular formula is C13H18O5. The zero-order valence-electron chi connectivity index (χ0n) is 10.8. The fourth-order valence-electron chi connectivity index (χ4n) is 2.35. The molecule has 2 aliphatic rings. The molecule has 0 bridgehead atoms. The first-order valence-corrected chi connectivity index (χ1v) is 6.03. The Morgan fingerprint density at radius 1 is 1.56 bits per heavy atom. The zero-order chi connectivity index (χ0) is 13.3. The van der Waals surface area contributed by atoms with E-state index in [-0.39, 0.29) is 18.2 Å². The van der Waals surface area contributed by atoms with Gasteiger partial charge in [0.2, 0.25) is 0 Å². The third-order valence-corrected chi connectivity index (χ3v) is 2.96. The second-order valence-corrected chi connectivity index (χ2v) is 5.01. The average molecular weight is 254 g/mol. The molecule has 0 aromatic carbocycles. The highest BCUT2D eigenvalue weighted by molar-refractivity contribution is 5.66. The van der Waals surface area contributed by atoms with E-state index in [9.17, 15) is 4.79 Å². The standard InChI is InChI=1S/C13H18O5/c1-5-6-9(15-8(2)14)10-7-11-12(16-10)18-13(3,4)17-11/h1,9-12H,6-7H2,2-4H3/t9?,10-,11+,12+/m0/s1. The van der Waals surface area contributed by atoms with Crippen molar-refractivity contribution in [3.8, 4) is 12.3 Å². The normalized spacial score (nSPS) is 34.7. The van der Waals surface area contributed by atoms with Crippen LogP contribution >= 0.6 is 0 Å². The molecule has 1 unspecified atom stereocenters. The molecule has 0 aromatic heterocycles. The smallest absolute Gasteiger partial charge is 0.303 e. The van der Waals surface area contributed by atoms with Crippen molar-refractivity contribution in [3.63, 3.8) is 0 Å². The van der Waals surface area contributed by atoms with Gasteiger partial charge in [-0.3, -0.25) is 4.79 Å². The maximum atomic E-state index is 11.0. The lowest BCUT2D eigenvalue weighted by Crippen LogP contribution is -2.33. The molecule has 18 heavy (non-hydrogen) atoms. The quantitative estimate of drug-likeness (QED) is 0.559. The van der Waals surface area contributed by atoms with Crippen molar-refractivity contribution >= 4 is 5.97 Å². The van der Waals surface area contributed by atoms with Gasteiger partial charge in [0.25, 0.3) is 0 Å². The highest BCUT2D eigenvalue weighted by Gasteiger charge is 2.50. The van der Waals surface area contributed by atoms with E-state index in [4.69, 9.17) is 25.4 Å². The van der Waals surface area contributed by atoms with Crippen molar-refractivity contribution in [1.29, 1.82) is 0 Å². The summed E-state index contributed by atoms with van der Waals surface area (Å²) in [7, 11) is 0. The van der Waals surface area contributed by atoms with Gasteiger partial charge in [-0.05, 0) is 13.8 Å². The van der Waals surface area contributed by atoms with Crippen LogP contribution in [0.2, 0.25) is 0 Å². The number of esters is 1. The van der Waals surface area contributed by atoms with Crippen LogP contribution < -0.4 is 0 Å². The summed E-state index contributed by atoms with van der Waals surface area (Å²) in [6, 6.07) is 0. The fourth-order valence-corrected chi connectivity index (χ4v) is 2.35. The summed E-state index contributed by atoms with van der Waals surface area (Å²) < 4.78 is 22.2. The van der Waals surface area contributed by atoms with E-state index in [2.05, 4.69) is 5.92 Å². The van der Waals surface area contributed by atoms with Crippen LogP contribution in [0.25, 0.3) is 0 Å². The van der Waals surface area contributed by atoms with Gasteiger partial charge in [-0.25, -0.2) is 0 Å². The molecule has 5 nitrogen and oxygen atoms in total. The molecule has 0 aliphatic carbocycles. The van der Waals surface area contributed by atoms with Crippen molar-refractivity contribution in [2.75, 3.05) is 0 Å². The van der Waals surface area contributed by atoms with Crippen LogP contribution in [0.3, 0.4) is 0 Å². The predicted molar refractivity (Wildman–Crippen MR) is 62.3 cm³/mol. The number of carbonyl (C=O) groups excluding carboxylic acids is 1. The number of carbonyl (C=O) groups is 1. The van der Waals surface area contributed by atoms with Gasteiger partial charge in [-0.15, -0.1) is 12.3 Å². The number of terminal acetylenes is 1. The Labute approximate surface area is 107 Å². The lowest BCUT2D eigenvalue weighted by molar-refractivity contribution is -0.216. The van der Waals surface area contributed by atoms with E-state index in [0.717, 1.165) is 0 Å². The van der Waals surface area contributed by atoms with Crippen LogP contribution in [0.4, 0.5) is 0 Å². The SMILES string of the molecule is C#CCC(OC(C)=O)[C@@H]1C[C@H]2OC(C)(C)O[C@H]2O1. The van der Waals surface area contributed by atoms with Crippen LogP contribution in [-0.2, 0) is 23.7 Å². The number of ether oxygens (including phenoxy) is 4. The molecular weight excluding hydrogens is 236 g/mol. The van der Waals surface area contributed by atoms with Gasteiger partial charge in [0.15, 0.2) is 12.1 Å². The molecule has 2 rings (SSSR count). The van der Waals surface area contributed by atoms with Crippen LogP contribution in [0, 0.1) is 12.3 Å². The van der Waals surface area contributed by atoms with Crippen LogP contribution in [0.1, 0.15) is 33.6 Å². The predicted octanol–water partition coefficient (Wildman–Crippen LogP) is 1.21. The molecule has 2 heterocycles. The Bertz CT molecular complexity index is 354. The van der Waals surface area contributed by atoms with Gasteiger partial charge in [0, 0.05) is 19.8 Å². The minimum Gasteiger partial charge on any atom is -0.459 e. The number of hydrogen-bond acceptors (Lipinski definition) is 5. The molecule has 0 spiro atoms. The summed E-state index contributed by atoms with van der Waals surface area (Å²) in [5, 5.41) is 0. The van der Waals surface area contributed by atoms with Crippen molar-refractivity contribution < 1.29 is 23.7 Å². The molecule has 0 N–H and O–H groups in total. The van der Waals surface area contributed by atoms with Gasteiger partial charge in [-0.2, -0.15) is 0 Å². The van der Waals surface area contributed by atoms with E-state index in [1.54, 1.807) is 0 Å². The fraction of sp³-hybridized carbons (Fsp3) is 0.769. The van der Waals surface area contributed by atoms with E-state index in [1.807, 2.05) is 13.8 Å². The number of hydrogen-bond donors (Lipinski definition) is 0. The van der Waals surface area contributed by atoms with Gasteiger partial charge in [-0.1, -0.05) is 0 Å². The number of fused-ring (bicyclic) bond motifs is 1. The summed E-state index contributed by atoms with van der Waals surface area (Å²) in [6.07, 6.45) is 4.99. The Morgan fingerprint density at radius 2 is 2.28 bits per heavy atom. The summed E-state index contributed by atoms with van der Waals surface area (Å²) in [5.74, 6) is 1.51. The van der Waals surface area contributed by atoms with E-state index in [0.29, 0.717) is 12.8 Å². The second kappa shape index (κ2) is 4.88. The Balaban J connectivity index is 1.96.